The number of hydrogen-bond donors (Lipinski definition) is 1. The summed E-state index contributed by atoms with van der Waals surface area (Å²) in [5.41, 5.74) is -0.00910. The van der Waals surface area contributed by atoms with Crippen molar-refractivity contribution in [1.82, 2.24) is 14.5 Å². The molecule has 3 aromatic rings. The summed E-state index contributed by atoms with van der Waals surface area (Å²) in [5.74, 6) is -1.67. The highest BCUT2D eigenvalue weighted by Gasteiger charge is 2.30. The van der Waals surface area contributed by atoms with Crippen LogP contribution < -0.4 is 15.2 Å². The van der Waals surface area contributed by atoms with Gasteiger partial charge in [-0.3, -0.25) is 14.3 Å². The summed E-state index contributed by atoms with van der Waals surface area (Å²) < 4.78 is 6.17. The number of hydrogen-bond acceptors (Lipinski definition) is 6. The van der Waals surface area contributed by atoms with Gasteiger partial charge in [0.2, 0.25) is 11.7 Å². The zero-order valence-corrected chi connectivity index (χ0v) is 17.8. The van der Waals surface area contributed by atoms with Crippen LogP contribution in [-0.4, -0.2) is 39.8 Å². The summed E-state index contributed by atoms with van der Waals surface area (Å²) >= 11 is 12.9. The Hall–Kier alpha value is -3.10. The summed E-state index contributed by atoms with van der Waals surface area (Å²) in [6.07, 6.45) is 1.62. The third-order valence-corrected chi connectivity index (χ3v) is 5.24. The molecule has 2 heterocycles. The molecule has 1 aromatic carbocycles. The molecule has 10 heteroatoms. The second-order valence-electron chi connectivity index (χ2n) is 6.37. The first-order valence-electron chi connectivity index (χ1n) is 8.73. The molecule has 0 saturated heterocycles. The number of carbonyl (C=O) groups is 1. The topological polar surface area (TPSA) is 97.6 Å². The maximum absolute atomic E-state index is 12.7. The van der Waals surface area contributed by atoms with Crippen LogP contribution in [0.5, 0.6) is 5.75 Å². The van der Waals surface area contributed by atoms with Gasteiger partial charge in [0.1, 0.15) is 6.04 Å². The van der Waals surface area contributed by atoms with E-state index < -0.39 is 23.3 Å². The minimum atomic E-state index is -1.38. The van der Waals surface area contributed by atoms with Gasteiger partial charge in [-0.25, -0.2) is 9.78 Å². The fraction of sp³-hybridized carbons (Fsp3) is 0.200. The van der Waals surface area contributed by atoms with Gasteiger partial charge in [0.15, 0.2) is 5.69 Å². The summed E-state index contributed by atoms with van der Waals surface area (Å²) in [5, 5.41) is 10.3. The molecule has 0 aliphatic carbocycles. The number of anilines is 1. The molecule has 3 rings (SSSR count). The highest BCUT2D eigenvalue weighted by Crippen LogP contribution is 2.38. The van der Waals surface area contributed by atoms with E-state index in [-0.39, 0.29) is 11.7 Å². The third-order valence-electron chi connectivity index (χ3n) is 4.58. The van der Waals surface area contributed by atoms with Crippen molar-refractivity contribution in [1.29, 1.82) is 0 Å². The van der Waals surface area contributed by atoms with Gasteiger partial charge in [0.25, 0.3) is 5.56 Å². The van der Waals surface area contributed by atoms with Crippen molar-refractivity contribution in [2.24, 2.45) is 7.05 Å². The van der Waals surface area contributed by atoms with Gasteiger partial charge in [0.05, 0.1) is 12.8 Å². The molecule has 2 aromatic heterocycles. The molecule has 1 N–H and O–H groups in total. The zero-order valence-electron chi connectivity index (χ0n) is 16.3. The molecule has 0 aliphatic rings. The summed E-state index contributed by atoms with van der Waals surface area (Å²) in [6.45, 7) is 0. The van der Waals surface area contributed by atoms with E-state index in [1.165, 1.54) is 18.7 Å². The molecule has 156 valence electrons. The molecule has 0 saturated carbocycles. The molecule has 0 radical (unpaired) electrons. The van der Waals surface area contributed by atoms with E-state index in [9.17, 15) is 14.7 Å². The first kappa shape index (κ1) is 21.6. The van der Waals surface area contributed by atoms with Crippen LogP contribution in [-0.2, 0) is 7.05 Å². The number of methoxy groups -OCH3 is 1. The number of aromatic nitrogens is 3. The minimum absolute atomic E-state index is 0.0739. The molecule has 30 heavy (non-hydrogen) atoms. The van der Waals surface area contributed by atoms with Gasteiger partial charge in [-0.05, 0) is 24.3 Å². The maximum atomic E-state index is 12.7. The van der Waals surface area contributed by atoms with Gasteiger partial charge in [-0.2, -0.15) is 0 Å². The minimum Gasteiger partial charge on any atom is -0.489 e. The molecule has 0 amide bonds. The van der Waals surface area contributed by atoms with Crippen molar-refractivity contribution < 1.29 is 14.6 Å². The van der Waals surface area contributed by atoms with Crippen LogP contribution >= 0.6 is 23.2 Å². The fourth-order valence-electron chi connectivity index (χ4n) is 3.18. The Labute approximate surface area is 182 Å². The summed E-state index contributed by atoms with van der Waals surface area (Å²) in [7, 11) is 4.34. The van der Waals surface area contributed by atoms with Crippen LogP contribution in [0.1, 0.15) is 27.8 Å². The van der Waals surface area contributed by atoms with E-state index in [0.717, 1.165) is 0 Å². The van der Waals surface area contributed by atoms with Gasteiger partial charge in [-0.15, -0.1) is 0 Å². The van der Waals surface area contributed by atoms with Gasteiger partial charge in [0, 0.05) is 35.9 Å². The second kappa shape index (κ2) is 8.73. The third kappa shape index (κ3) is 3.83. The first-order chi connectivity index (χ1) is 14.3. The number of rotatable bonds is 6. The lowest BCUT2D eigenvalue weighted by Crippen LogP contribution is -2.34. The highest BCUT2D eigenvalue weighted by molar-refractivity contribution is 6.36. The number of ether oxygens (including phenoxy) is 1. The number of carboxylic acids is 1. The highest BCUT2D eigenvalue weighted by atomic mass is 35.5. The smallest absolute Gasteiger partial charge is 0.358 e. The summed E-state index contributed by atoms with van der Waals surface area (Å²) in [4.78, 5) is 34.6. The zero-order chi connectivity index (χ0) is 22.0. The van der Waals surface area contributed by atoms with Gasteiger partial charge < -0.3 is 14.7 Å². The number of aromatic carboxylic acids is 1. The SMILES string of the molecule is COc1c(C(=O)O)nc(N(C)C(c2ccccn2)c2c(Cl)cccc2Cl)n(C)c1=O. The Balaban J connectivity index is 2.29. The molecule has 0 aliphatic heterocycles. The van der Waals surface area contributed by atoms with Crippen LogP contribution in [0.15, 0.2) is 47.4 Å². The predicted molar refractivity (Wildman–Crippen MR) is 114 cm³/mol. The molecular weight excluding hydrogens is 431 g/mol. The lowest BCUT2D eigenvalue weighted by molar-refractivity contribution is 0.0685. The van der Waals surface area contributed by atoms with Crippen molar-refractivity contribution >= 4 is 35.1 Å². The monoisotopic (exact) mass is 448 g/mol. The average molecular weight is 449 g/mol. The van der Waals surface area contributed by atoms with Gasteiger partial charge in [-0.1, -0.05) is 35.3 Å². The molecule has 1 atom stereocenters. The van der Waals surface area contributed by atoms with Crippen LogP contribution in [0.4, 0.5) is 5.95 Å². The van der Waals surface area contributed by atoms with E-state index in [1.54, 1.807) is 54.5 Å². The van der Waals surface area contributed by atoms with E-state index in [2.05, 4.69) is 9.97 Å². The van der Waals surface area contributed by atoms with Crippen molar-refractivity contribution in [3.05, 3.63) is 79.9 Å². The van der Waals surface area contributed by atoms with Crippen LogP contribution in [0.3, 0.4) is 0 Å². The Bertz CT molecular complexity index is 1130. The largest absolute Gasteiger partial charge is 0.489 e. The molecular formula is C20H18Cl2N4O4. The molecule has 8 nitrogen and oxygen atoms in total. The van der Waals surface area contributed by atoms with Crippen LogP contribution in [0.25, 0.3) is 0 Å². The Morgan fingerprint density at radius 3 is 2.40 bits per heavy atom. The first-order valence-corrected chi connectivity index (χ1v) is 9.49. The normalized spacial score (nSPS) is 11.8. The van der Waals surface area contributed by atoms with E-state index >= 15 is 0 Å². The number of carboxylic acid groups (broad SMARTS) is 1. The number of halogens is 2. The van der Waals surface area contributed by atoms with Crippen molar-refractivity contribution in [2.75, 3.05) is 19.1 Å². The summed E-state index contributed by atoms with van der Waals surface area (Å²) in [6, 6.07) is 9.79. The fourth-order valence-corrected chi connectivity index (χ4v) is 3.78. The van der Waals surface area contributed by atoms with E-state index in [1.807, 2.05) is 0 Å². The lowest BCUT2D eigenvalue weighted by atomic mass is 10.0. The number of benzene rings is 1. The molecule has 1 unspecified atom stereocenters. The Morgan fingerprint density at radius 1 is 1.20 bits per heavy atom. The quantitative estimate of drug-likeness (QED) is 0.616. The van der Waals surface area contributed by atoms with Crippen LogP contribution in [0.2, 0.25) is 10.0 Å². The van der Waals surface area contributed by atoms with E-state index in [4.69, 9.17) is 27.9 Å². The maximum Gasteiger partial charge on any atom is 0.358 e. The van der Waals surface area contributed by atoms with Crippen molar-refractivity contribution in [2.45, 2.75) is 6.04 Å². The number of nitrogens with zero attached hydrogens (tertiary/aromatic N) is 4. The number of pyridine rings is 1. The average Bonchev–Trinajstić information content (AvgIpc) is 2.72. The van der Waals surface area contributed by atoms with Crippen molar-refractivity contribution in [3.8, 4) is 5.75 Å². The molecule has 0 bridgehead atoms. The van der Waals surface area contributed by atoms with Crippen molar-refractivity contribution in [3.63, 3.8) is 0 Å². The molecule has 0 spiro atoms. The van der Waals surface area contributed by atoms with E-state index in [0.29, 0.717) is 21.3 Å². The van der Waals surface area contributed by atoms with Gasteiger partial charge >= 0.3 is 5.97 Å². The Kier molecular flexibility index (Phi) is 6.28. The second-order valence-corrected chi connectivity index (χ2v) is 7.18. The predicted octanol–water partition coefficient (Wildman–Crippen LogP) is 3.41. The molecule has 0 fully saturated rings. The lowest BCUT2D eigenvalue weighted by Gasteiger charge is -2.31. The standard InChI is InChI=1S/C20H18Cl2N4O4/c1-25(20-24-15(19(28)29)17(30-3)18(27)26(20)2)16(13-9-4-5-10-23-13)14-11(21)7-6-8-12(14)22/h4-10,16H,1-3H3,(H,28,29). The Morgan fingerprint density at radius 2 is 1.87 bits per heavy atom. The van der Waals surface area contributed by atoms with Crippen LogP contribution in [0, 0.1) is 0 Å².